The van der Waals surface area contributed by atoms with Crippen LogP contribution in [0.2, 0.25) is 0 Å². The lowest BCUT2D eigenvalue weighted by Crippen LogP contribution is -2.22. The number of hydrogen-bond acceptors (Lipinski definition) is 3. The molecular formula is C14H20N2O. The fourth-order valence-electron chi connectivity index (χ4n) is 2.25. The Balaban J connectivity index is 2.11. The van der Waals surface area contributed by atoms with E-state index in [1.165, 1.54) is 6.42 Å². The van der Waals surface area contributed by atoms with Crippen molar-refractivity contribution in [3.05, 3.63) is 24.0 Å². The van der Waals surface area contributed by atoms with Gasteiger partial charge in [-0.1, -0.05) is 20.8 Å². The molecule has 1 aromatic rings. The molecule has 17 heavy (non-hydrogen) atoms. The van der Waals surface area contributed by atoms with Crippen LogP contribution in [0.4, 0.5) is 5.69 Å². The van der Waals surface area contributed by atoms with Gasteiger partial charge in [0.15, 0.2) is 5.78 Å². The summed E-state index contributed by atoms with van der Waals surface area (Å²) in [6, 6.07) is 3.85. The summed E-state index contributed by atoms with van der Waals surface area (Å²) >= 11 is 0. The molecule has 3 heteroatoms. The molecule has 0 amide bonds. The third-order valence-corrected chi connectivity index (χ3v) is 3.40. The molecule has 0 unspecified atom stereocenters. The van der Waals surface area contributed by atoms with E-state index in [1.807, 2.05) is 25.3 Å². The monoisotopic (exact) mass is 232 g/mol. The number of carbonyl (C=O) groups excluding carboxylic acids is 1. The molecular weight excluding hydrogens is 212 g/mol. The number of anilines is 1. The molecule has 1 fully saturated rings. The van der Waals surface area contributed by atoms with Crippen LogP contribution in [0.3, 0.4) is 0 Å². The Hall–Kier alpha value is -1.38. The van der Waals surface area contributed by atoms with Crippen LogP contribution in [-0.4, -0.2) is 23.9 Å². The topological polar surface area (TPSA) is 33.2 Å². The first kappa shape index (κ1) is 12.1. The number of pyridine rings is 1. The van der Waals surface area contributed by atoms with E-state index in [-0.39, 0.29) is 5.78 Å². The van der Waals surface area contributed by atoms with Gasteiger partial charge in [-0.25, -0.2) is 0 Å². The van der Waals surface area contributed by atoms with Crippen molar-refractivity contribution < 1.29 is 4.79 Å². The normalized spacial score (nSPS) is 18.4. The Kier molecular flexibility index (Phi) is 3.18. The van der Waals surface area contributed by atoms with Crippen LogP contribution in [0.5, 0.6) is 0 Å². The zero-order chi connectivity index (χ0) is 12.5. The Labute approximate surface area is 103 Å². The largest absolute Gasteiger partial charge is 0.370 e. The minimum atomic E-state index is 0.110. The molecule has 0 radical (unpaired) electrons. The maximum absolute atomic E-state index is 11.5. The smallest absolute Gasteiger partial charge is 0.180 e. The van der Waals surface area contributed by atoms with Gasteiger partial charge in [0.05, 0.1) is 11.9 Å². The SMILES string of the molecule is CCC(=O)c1ccc(N2CCC(C)(C)C2)cn1. The molecule has 92 valence electrons. The molecule has 0 spiro atoms. The van der Waals surface area contributed by atoms with E-state index in [1.54, 1.807) is 0 Å². The summed E-state index contributed by atoms with van der Waals surface area (Å²) < 4.78 is 0. The highest BCUT2D eigenvalue weighted by molar-refractivity contribution is 5.94. The van der Waals surface area contributed by atoms with Crippen LogP contribution in [0.25, 0.3) is 0 Å². The molecule has 1 aromatic heterocycles. The standard InChI is InChI=1S/C14H20N2O/c1-4-13(17)12-6-5-11(9-15-12)16-8-7-14(2,3)10-16/h5-6,9H,4,7-8,10H2,1-3H3. The zero-order valence-electron chi connectivity index (χ0n) is 10.9. The van der Waals surface area contributed by atoms with E-state index in [0.29, 0.717) is 17.5 Å². The number of Topliss-reactive ketones (excluding diaryl/α,β-unsaturated/α-hetero) is 1. The summed E-state index contributed by atoms with van der Waals surface area (Å²) in [5.74, 6) is 0.110. The maximum atomic E-state index is 11.5. The van der Waals surface area contributed by atoms with Crippen molar-refractivity contribution in [3.8, 4) is 0 Å². The molecule has 0 aromatic carbocycles. The van der Waals surface area contributed by atoms with Crippen molar-refractivity contribution in [2.24, 2.45) is 5.41 Å². The third-order valence-electron chi connectivity index (χ3n) is 3.40. The van der Waals surface area contributed by atoms with Crippen LogP contribution in [0.1, 0.15) is 44.1 Å². The molecule has 2 heterocycles. The molecule has 3 nitrogen and oxygen atoms in total. The summed E-state index contributed by atoms with van der Waals surface area (Å²) in [4.78, 5) is 18.1. The third kappa shape index (κ3) is 2.65. The molecule has 0 bridgehead atoms. The van der Waals surface area contributed by atoms with Gasteiger partial charge < -0.3 is 4.90 Å². The van der Waals surface area contributed by atoms with Crippen LogP contribution in [-0.2, 0) is 0 Å². The second-order valence-corrected chi connectivity index (χ2v) is 5.51. The highest BCUT2D eigenvalue weighted by atomic mass is 16.1. The minimum absolute atomic E-state index is 0.110. The fourth-order valence-corrected chi connectivity index (χ4v) is 2.25. The molecule has 1 saturated heterocycles. The van der Waals surface area contributed by atoms with Crippen LogP contribution < -0.4 is 4.90 Å². The summed E-state index contributed by atoms with van der Waals surface area (Å²) in [5, 5.41) is 0. The number of rotatable bonds is 3. The number of aromatic nitrogens is 1. The van der Waals surface area contributed by atoms with Crippen molar-refractivity contribution in [3.63, 3.8) is 0 Å². The van der Waals surface area contributed by atoms with Gasteiger partial charge in [0.2, 0.25) is 0 Å². The number of ketones is 1. The predicted octanol–water partition coefficient (Wildman–Crippen LogP) is 2.91. The van der Waals surface area contributed by atoms with E-state index in [9.17, 15) is 4.79 Å². The van der Waals surface area contributed by atoms with Gasteiger partial charge in [-0.2, -0.15) is 0 Å². The van der Waals surface area contributed by atoms with Gasteiger partial charge in [-0.05, 0) is 24.0 Å². The summed E-state index contributed by atoms with van der Waals surface area (Å²) in [5.41, 5.74) is 2.09. The van der Waals surface area contributed by atoms with Crippen molar-refractivity contribution in [2.75, 3.05) is 18.0 Å². The number of nitrogens with zero attached hydrogens (tertiary/aromatic N) is 2. The number of hydrogen-bond donors (Lipinski definition) is 0. The lowest BCUT2D eigenvalue weighted by atomic mass is 9.93. The van der Waals surface area contributed by atoms with Gasteiger partial charge in [0.1, 0.15) is 5.69 Å². The summed E-state index contributed by atoms with van der Waals surface area (Å²) in [6.45, 7) is 8.58. The lowest BCUT2D eigenvalue weighted by molar-refractivity contribution is 0.0983. The van der Waals surface area contributed by atoms with Gasteiger partial charge in [-0.3, -0.25) is 9.78 Å². The van der Waals surface area contributed by atoms with Crippen molar-refractivity contribution in [2.45, 2.75) is 33.6 Å². The highest BCUT2D eigenvalue weighted by Crippen LogP contribution is 2.32. The Morgan fingerprint density at radius 2 is 2.24 bits per heavy atom. The summed E-state index contributed by atoms with van der Waals surface area (Å²) in [6.07, 6.45) is 3.55. The minimum Gasteiger partial charge on any atom is -0.370 e. The van der Waals surface area contributed by atoms with Crippen molar-refractivity contribution in [1.82, 2.24) is 4.98 Å². The van der Waals surface area contributed by atoms with Crippen LogP contribution in [0.15, 0.2) is 18.3 Å². The van der Waals surface area contributed by atoms with Gasteiger partial charge in [-0.15, -0.1) is 0 Å². The van der Waals surface area contributed by atoms with E-state index >= 15 is 0 Å². The first-order valence-corrected chi connectivity index (χ1v) is 6.26. The predicted molar refractivity (Wildman–Crippen MR) is 69.5 cm³/mol. The zero-order valence-corrected chi connectivity index (χ0v) is 10.9. The lowest BCUT2D eigenvalue weighted by Gasteiger charge is -2.21. The Bertz CT molecular complexity index is 409. The molecule has 1 aliphatic rings. The molecule has 0 aliphatic carbocycles. The van der Waals surface area contributed by atoms with Crippen molar-refractivity contribution in [1.29, 1.82) is 0 Å². The Morgan fingerprint density at radius 1 is 1.47 bits per heavy atom. The summed E-state index contributed by atoms with van der Waals surface area (Å²) in [7, 11) is 0. The van der Waals surface area contributed by atoms with Crippen LogP contribution >= 0.6 is 0 Å². The Morgan fingerprint density at radius 3 is 2.71 bits per heavy atom. The fraction of sp³-hybridized carbons (Fsp3) is 0.571. The van der Waals surface area contributed by atoms with E-state index < -0.39 is 0 Å². The second-order valence-electron chi connectivity index (χ2n) is 5.51. The molecule has 1 aliphatic heterocycles. The molecule has 0 N–H and O–H groups in total. The average molecular weight is 232 g/mol. The second kappa shape index (κ2) is 4.47. The first-order valence-electron chi connectivity index (χ1n) is 6.26. The number of carbonyl (C=O) groups is 1. The van der Waals surface area contributed by atoms with Crippen LogP contribution in [0, 0.1) is 5.41 Å². The van der Waals surface area contributed by atoms with Crippen molar-refractivity contribution >= 4 is 11.5 Å². The van der Waals surface area contributed by atoms with Gasteiger partial charge >= 0.3 is 0 Å². The molecule has 2 rings (SSSR count). The van der Waals surface area contributed by atoms with E-state index in [0.717, 1.165) is 18.8 Å². The molecule has 0 saturated carbocycles. The quantitative estimate of drug-likeness (QED) is 0.751. The van der Waals surface area contributed by atoms with E-state index in [2.05, 4.69) is 23.7 Å². The highest BCUT2D eigenvalue weighted by Gasteiger charge is 2.29. The van der Waals surface area contributed by atoms with Gasteiger partial charge in [0.25, 0.3) is 0 Å². The molecule has 0 atom stereocenters. The average Bonchev–Trinajstić information content (AvgIpc) is 2.69. The van der Waals surface area contributed by atoms with E-state index in [4.69, 9.17) is 0 Å². The first-order chi connectivity index (χ1) is 8.02. The van der Waals surface area contributed by atoms with Gasteiger partial charge in [0, 0.05) is 19.5 Å². The maximum Gasteiger partial charge on any atom is 0.180 e.